The monoisotopic (exact) mass is 339 g/mol. The number of alkyl halides is 3. The summed E-state index contributed by atoms with van der Waals surface area (Å²) in [5, 5.41) is 6.75. The third-order valence-corrected chi connectivity index (χ3v) is 3.93. The molecular weight excluding hydrogens is 323 g/mol. The highest BCUT2D eigenvalue weighted by molar-refractivity contribution is 5.82. The molecule has 0 saturated heterocycles. The first-order chi connectivity index (χ1) is 11.4. The van der Waals surface area contributed by atoms with Crippen LogP contribution in [0.5, 0.6) is 0 Å². The van der Waals surface area contributed by atoms with Crippen molar-refractivity contribution in [2.24, 2.45) is 5.73 Å². The van der Waals surface area contributed by atoms with E-state index in [-0.39, 0.29) is 31.4 Å². The Labute approximate surface area is 136 Å². The Morgan fingerprint density at radius 2 is 1.92 bits per heavy atom. The maximum absolute atomic E-state index is 12.8. The number of aromatic nitrogens is 3. The summed E-state index contributed by atoms with van der Waals surface area (Å²) >= 11 is 0. The second-order valence-corrected chi connectivity index (χ2v) is 5.65. The van der Waals surface area contributed by atoms with E-state index >= 15 is 0 Å². The summed E-state index contributed by atoms with van der Waals surface area (Å²) in [7, 11) is 0. The van der Waals surface area contributed by atoms with Crippen LogP contribution in [0.1, 0.15) is 17.2 Å². The molecule has 0 radical (unpaired) electrons. The molecule has 9 heteroatoms. The fourth-order valence-corrected chi connectivity index (χ4v) is 2.75. The maximum Gasteiger partial charge on any atom is 0.451 e. The summed E-state index contributed by atoms with van der Waals surface area (Å²) in [4.78, 5) is 13.9. The molecule has 6 nitrogen and oxygen atoms in total. The molecule has 0 fully saturated rings. The summed E-state index contributed by atoms with van der Waals surface area (Å²) in [6.07, 6.45) is -4.18. The van der Waals surface area contributed by atoms with E-state index in [9.17, 15) is 18.0 Å². The van der Waals surface area contributed by atoms with E-state index in [4.69, 9.17) is 5.73 Å². The van der Waals surface area contributed by atoms with Crippen LogP contribution in [0.25, 0.3) is 0 Å². The van der Waals surface area contributed by atoms with E-state index in [1.807, 2.05) is 30.3 Å². The van der Waals surface area contributed by atoms with Crippen LogP contribution in [0.3, 0.4) is 0 Å². The minimum absolute atomic E-state index is 0.000966. The number of halogens is 3. The minimum atomic E-state index is -4.55. The lowest BCUT2D eigenvalue weighted by molar-refractivity contribution is -0.148. The molecule has 0 bridgehead atoms. The Balaban J connectivity index is 1.69. The van der Waals surface area contributed by atoms with Gasteiger partial charge in [-0.3, -0.25) is 4.79 Å². The molecule has 0 unspecified atom stereocenters. The van der Waals surface area contributed by atoms with E-state index in [0.29, 0.717) is 6.42 Å². The minimum Gasteiger partial charge on any atom is -0.332 e. The van der Waals surface area contributed by atoms with Gasteiger partial charge in [-0.15, -0.1) is 10.2 Å². The number of carbonyl (C=O) groups is 1. The van der Waals surface area contributed by atoms with Crippen molar-refractivity contribution in [3.05, 3.63) is 47.5 Å². The van der Waals surface area contributed by atoms with Gasteiger partial charge in [0.25, 0.3) is 0 Å². The smallest absolute Gasteiger partial charge is 0.332 e. The molecule has 0 spiro atoms. The highest BCUT2D eigenvalue weighted by Gasteiger charge is 2.40. The molecule has 3 rings (SSSR count). The number of hydrogen-bond donors (Lipinski definition) is 1. The lowest BCUT2D eigenvalue weighted by atomic mass is 10.1. The molecule has 1 atom stereocenters. The van der Waals surface area contributed by atoms with Crippen molar-refractivity contribution >= 4 is 5.91 Å². The molecule has 0 aliphatic carbocycles. The first-order valence-electron chi connectivity index (χ1n) is 7.44. The van der Waals surface area contributed by atoms with Crippen LogP contribution in [0, 0.1) is 0 Å². The number of nitrogens with two attached hydrogens (primary N) is 1. The molecular formula is C15H16F3N5O. The van der Waals surface area contributed by atoms with Gasteiger partial charge in [-0.1, -0.05) is 30.3 Å². The molecule has 2 N–H and O–H groups in total. The fourth-order valence-electron chi connectivity index (χ4n) is 2.75. The van der Waals surface area contributed by atoms with Crippen molar-refractivity contribution in [2.45, 2.75) is 31.7 Å². The standard InChI is InChI=1S/C15H16F3N5O/c16-15(17,18)14-21-20-12-9-22(6-7-23(12)14)13(24)11(19)8-10-4-2-1-3-5-10/h1-5,11H,6-9,19H2/t11-/m0/s1. The number of fused-ring (bicyclic) bond motifs is 1. The van der Waals surface area contributed by atoms with Gasteiger partial charge in [0.2, 0.25) is 11.7 Å². The summed E-state index contributed by atoms with van der Waals surface area (Å²) in [6.45, 7) is 0.126. The van der Waals surface area contributed by atoms with E-state index in [0.717, 1.165) is 10.1 Å². The van der Waals surface area contributed by atoms with E-state index in [1.165, 1.54) is 4.90 Å². The van der Waals surface area contributed by atoms with Gasteiger partial charge in [0.15, 0.2) is 5.82 Å². The topological polar surface area (TPSA) is 77.0 Å². The number of amides is 1. The average molecular weight is 339 g/mol. The summed E-state index contributed by atoms with van der Waals surface area (Å²) in [6, 6.07) is 8.57. The van der Waals surface area contributed by atoms with Gasteiger partial charge in [0, 0.05) is 13.1 Å². The highest BCUT2D eigenvalue weighted by atomic mass is 19.4. The lowest BCUT2D eigenvalue weighted by Crippen LogP contribution is -2.48. The van der Waals surface area contributed by atoms with Gasteiger partial charge in [-0.05, 0) is 12.0 Å². The second kappa shape index (κ2) is 6.23. The van der Waals surface area contributed by atoms with Crippen LogP contribution >= 0.6 is 0 Å². The van der Waals surface area contributed by atoms with Gasteiger partial charge in [-0.25, -0.2) is 0 Å². The van der Waals surface area contributed by atoms with Gasteiger partial charge in [0.1, 0.15) is 0 Å². The summed E-state index contributed by atoms with van der Waals surface area (Å²) in [5.74, 6) is -1.21. The summed E-state index contributed by atoms with van der Waals surface area (Å²) < 4.78 is 39.4. The van der Waals surface area contributed by atoms with Crippen molar-refractivity contribution in [1.29, 1.82) is 0 Å². The molecule has 24 heavy (non-hydrogen) atoms. The predicted octanol–water partition coefficient (Wildman–Crippen LogP) is 1.21. The predicted molar refractivity (Wildman–Crippen MR) is 78.6 cm³/mol. The molecule has 1 aromatic carbocycles. The number of nitrogens with zero attached hydrogens (tertiary/aromatic N) is 4. The van der Waals surface area contributed by atoms with E-state index < -0.39 is 18.0 Å². The Hall–Kier alpha value is -2.42. The van der Waals surface area contributed by atoms with E-state index in [2.05, 4.69) is 10.2 Å². The zero-order chi connectivity index (χ0) is 17.3. The van der Waals surface area contributed by atoms with Crippen molar-refractivity contribution in [2.75, 3.05) is 6.54 Å². The van der Waals surface area contributed by atoms with Crippen LogP contribution in [0.15, 0.2) is 30.3 Å². The highest BCUT2D eigenvalue weighted by Crippen LogP contribution is 2.29. The number of hydrogen-bond acceptors (Lipinski definition) is 4. The van der Waals surface area contributed by atoms with Crippen LogP contribution in [0.4, 0.5) is 13.2 Å². The summed E-state index contributed by atoms with van der Waals surface area (Å²) in [5.41, 5.74) is 6.89. The first kappa shape index (κ1) is 16.4. The Morgan fingerprint density at radius 1 is 1.21 bits per heavy atom. The molecule has 1 aliphatic rings. The van der Waals surface area contributed by atoms with Gasteiger partial charge in [0.05, 0.1) is 12.6 Å². The van der Waals surface area contributed by atoms with Crippen LogP contribution in [0.2, 0.25) is 0 Å². The lowest BCUT2D eigenvalue weighted by Gasteiger charge is -2.30. The molecule has 0 saturated carbocycles. The molecule has 1 aromatic heterocycles. The molecule has 1 amide bonds. The van der Waals surface area contributed by atoms with Gasteiger partial charge in [-0.2, -0.15) is 13.2 Å². The molecule has 128 valence electrons. The number of benzene rings is 1. The van der Waals surface area contributed by atoms with Crippen LogP contribution < -0.4 is 5.73 Å². The SMILES string of the molecule is N[C@@H](Cc1ccccc1)C(=O)N1CCn2c(nnc2C(F)(F)F)C1. The van der Waals surface area contributed by atoms with Crippen LogP contribution in [-0.4, -0.2) is 38.2 Å². The first-order valence-corrected chi connectivity index (χ1v) is 7.44. The third kappa shape index (κ3) is 3.25. The zero-order valence-electron chi connectivity index (χ0n) is 12.7. The Morgan fingerprint density at radius 3 is 2.58 bits per heavy atom. The van der Waals surface area contributed by atoms with Crippen molar-refractivity contribution in [1.82, 2.24) is 19.7 Å². The Kier molecular flexibility index (Phi) is 4.27. The normalized spacial score (nSPS) is 15.9. The molecule has 1 aliphatic heterocycles. The quantitative estimate of drug-likeness (QED) is 0.912. The van der Waals surface area contributed by atoms with Gasteiger partial charge < -0.3 is 15.2 Å². The second-order valence-electron chi connectivity index (χ2n) is 5.65. The molecule has 2 heterocycles. The van der Waals surface area contributed by atoms with E-state index in [1.54, 1.807) is 0 Å². The van der Waals surface area contributed by atoms with Crippen molar-refractivity contribution < 1.29 is 18.0 Å². The fraction of sp³-hybridized carbons (Fsp3) is 0.400. The van der Waals surface area contributed by atoms with Crippen LogP contribution in [-0.2, 0) is 30.5 Å². The average Bonchev–Trinajstić information content (AvgIpc) is 2.98. The van der Waals surface area contributed by atoms with Crippen molar-refractivity contribution in [3.63, 3.8) is 0 Å². The zero-order valence-corrected chi connectivity index (χ0v) is 12.7. The number of rotatable bonds is 3. The van der Waals surface area contributed by atoms with Gasteiger partial charge >= 0.3 is 6.18 Å². The maximum atomic E-state index is 12.8. The third-order valence-electron chi connectivity index (χ3n) is 3.93. The largest absolute Gasteiger partial charge is 0.451 e. The number of carbonyl (C=O) groups excluding carboxylic acids is 1. The van der Waals surface area contributed by atoms with Crippen molar-refractivity contribution in [3.8, 4) is 0 Å². The molecule has 2 aromatic rings. The Bertz CT molecular complexity index is 728.